The van der Waals surface area contributed by atoms with Crippen molar-refractivity contribution >= 4 is 23.0 Å². The molecule has 0 unspecified atom stereocenters. The standard InChI is InChI=1S/C15H13F2N3O/c16-11-3-2-10(8-12(11)17)20-15(21)9-1-4-13-14(7-9)19-6-5-18-13/h1-4,7-8,18-19H,5-6H2,(H,20,21). The maximum atomic E-state index is 13.1. The largest absolute Gasteiger partial charge is 0.382 e. The van der Waals surface area contributed by atoms with E-state index in [2.05, 4.69) is 16.0 Å². The van der Waals surface area contributed by atoms with E-state index in [1.165, 1.54) is 6.07 Å². The van der Waals surface area contributed by atoms with Crippen LogP contribution in [0.25, 0.3) is 0 Å². The molecule has 1 aliphatic heterocycles. The predicted octanol–water partition coefficient (Wildman–Crippen LogP) is 3.05. The summed E-state index contributed by atoms with van der Waals surface area (Å²) in [5, 5.41) is 8.93. The first-order valence-corrected chi connectivity index (χ1v) is 6.52. The van der Waals surface area contributed by atoms with E-state index < -0.39 is 11.6 Å². The maximum Gasteiger partial charge on any atom is 0.255 e. The van der Waals surface area contributed by atoms with E-state index in [-0.39, 0.29) is 11.6 Å². The second-order valence-corrected chi connectivity index (χ2v) is 4.70. The van der Waals surface area contributed by atoms with Crippen LogP contribution in [-0.2, 0) is 0 Å². The second kappa shape index (κ2) is 5.40. The van der Waals surface area contributed by atoms with Crippen LogP contribution < -0.4 is 16.0 Å². The van der Waals surface area contributed by atoms with Crippen molar-refractivity contribution in [1.82, 2.24) is 0 Å². The van der Waals surface area contributed by atoms with Crippen molar-refractivity contribution < 1.29 is 13.6 Å². The number of fused-ring (bicyclic) bond motifs is 1. The molecule has 6 heteroatoms. The van der Waals surface area contributed by atoms with Gasteiger partial charge in [-0.1, -0.05) is 0 Å². The maximum absolute atomic E-state index is 13.1. The highest BCUT2D eigenvalue weighted by Crippen LogP contribution is 2.25. The Hall–Kier alpha value is -2.63. The Labute approximate surface area is 120 Å². The predicted molar refractivity (Wildman–Crippen MR) is 77.7 cm³/mol. The fourth-order valence-corrected chi connectivity index (χ4v) is 2.16. The number of rotatable bonds is 2. The van der Waals surface area contributed by atoms with Gasteiger partial charge in [0.05, 0.1) is 11.4 Å². The number of carbonyl (C=O) groups excluding carboxylic acids is 1. The van der Waals surface area contributed by atoms with Gasteiger partial charge in [0.15, 0.2) is 11.6 Å². The van der Waals surface area contributed by atoms with Crippen LogP contribution in [0.4, 0.5) is 25.8 Å². The molecular formula is C15H13F2N3O. The number of hydrogen-bond acceptors (Lipinski definition) is 3. The summed E-state index contributed by atoms with van der Waals surface area (Å²) in [6, 6.07) is 8.44. The summed E-state index contributed by atoms with van der Waals surface area (Å²) in [7, 11) is 0. The molecule has 0 saturated carbocycles. The first-order valence-electron chi connectivity index (χ1n) is 6.52. The molecule has 0 saturated heterocycles. The minimum atomic E-state index is -0.996. The van der Waals surface area contributed by atoms with Gasteiger partial charge >= 0.3 is 0 Å². The molecule has 2 aromatic carbocycles. The molecular weight excluding hydrogens is 276 g/mol. The number of carbonyl (C=O) groups is 1. The van der Waals surface area contributed by atoms with Crippen LogP contribution in [0.15, 0.2) is 36.4 Å². The summed E-state index contributed by atoms with van der Waals surface area (Å²) >= 11 is 0. The highest BCUT2D eigenvalue weighted by Gasteiger charge is 2.13. The van der Waals surface area contributed by atoms with Crippen molar-refractivity contribution in [3.8, 4) is 0 Å². The summed E-state index contributed by atoms with van der Waals surface area (Å²) in [4.78, 5) is 12.1. The van der Waals surface area contributed by atoms with Crippen LogP contribution in [0.3, 0.4) is 0 Å². The molecule has 108 valence electrons. The Morgan fingerprint density at radius 3 is 2.48 bits per heavy atom. The number of hydrogen-bond donors (Lipinski definition) is 3. The van der Waals surface area contributed by atoms with E-state index in [1.54, 1.807) is 12.1 Å². The van der Waals surface area contributed by atoms with Gasteiger partial charge in [0.25, 0.3) is 5.91 Å². The van der Waals surface area contributed by atoms with E-state index in [9.17, 15) is 13.6 Å². The zero-order valence-electron chi connectivity index (χ0n) is 11.0. The normalized spacial score (nSPS) is 12.9. The number of amides is 1. The Kier molecular flexibility index (Phi) is 3.43. The first-order chi connectivity index (χ1) is 10.1. The van der Waals surface area contributed by atoms with Gasteiger partial charge in [-0.25, -0.2) is 8.78 Å². The molecule has 3 rings (SSSR count). The molecule has 0 bridgehead atoms. The minimum absolute atomic E-state index is 0.211. The summed E-state index contributed by atoms with van der Waals surface area (Å²) in [5.74, 6) is -2.32. The molecule has 0 spiro atoms. The fourth-order valence-electron chi connectivity index (χ4n) is 2.16. The zero-order chi connectivity index (χ0) is 14.8. The van der Waals surface area contributed by atoms with Crippen LogP contribution in [0.2, 0.25) is 0 Å². The van der Waals surface area contributed by atoms with Gasteiger partial charge in [-0.05, 0) is 30.3 Å². The molecule has 1 heterocycles. The van der Waals surface area contributed by atoms with E-state index in [0.717, 1.165) is 36.6 Å². The highest BCUT2D eigenvalue weighted by atomic mass is 19.2. The second-order valence-electron chi connectivity index (χ2n) is 4.70. The van der Waals surface area contributed by atoms with Gasteiger partial charge in [-0.15, -0.1) is 0 Å². The molecule has 2 aromatic rings. The molecule has 3 N–H and O–H groups in total. The highest BCUT2D eigenvalue weighted by molar-refractivity contribution is 6.05. The van der Waals surface area contributed by atoms with Gasteiger partial charge in [-0.3, -0.25) is 4.79 Å². The molecule has 0 fully saturated rings. The van der Waals surface area contributed by atoms with Gasteiger partial charge in [0, 0.05) is 30.4 Å². The van der Waals surface area contributed by atoms with Crippen LogP contribution >= 0.6 is 0 Å². The van der Waals surface area contributed by atoms with Crippen LogP contribution in [0.1, 0.15) is 10.4 Å². The molecule has 0 atom stereocenters. The van der Waals surface area contributed by atoms with Crippen LogP contribution in [0, 0.1) is 11.6 Å². The Bertz CT molecular complexity index is 703. The molecule has 21 heavy (non-hydrogen) atoms. The number of nitrogens with one attached hydrogen (secondary N) is 3. The third kappa shape index (κ3) is 2.79. The average Bonchev–Trinajstić information content (AvgIpc) is 2.50. The Morgan fingerprint density at radius 1 is 0.952 bits per heavy atom. The summed E-state index contributed by atoms with van der Waals surface area (Å²) < 4.78 is 26.0. The first kappa shape index (κ1) is 13.4. The SMILES string of the molecule is O=C(Nc1ccc(F)c(F)c1)c1ccc2c(c1)NCCN2. The molecule has 1 amide bonds. The van der Waals surface area contributed by atoms with Crippen molar-refractivity contribution in [3.63, 3.8) is 0 Å². The monoisotopic (exact) mass is 289 g/mol. The van der Waals surface area contributed by atoms with Gasteiger partial charge < -0.3 is 16.0 Å². The number of benzene rings is 2. The van der Waals surface area contributed by atoms with Crippen molar-refractivity contribution in [2.75, 3.05) is 29.0 Å². The smallest absolute Gasteiger partial charge is 0.255 e. The quantitative estimate of drug-likeness (QED) is 0.796. The van der Waals surface area contributed by atoms with E-state index >= 15 is 0 Å². The lowest BCUT2D eigenvalue weighted by Gasteiger charge is -2.20. The van der Waals surface area contributed by atoms with Gasteiger partial charge in [0.1, 0.15) is 0 Å². The topological polar surface area (TPSA) is 53.2 Å². The van der Waals surface area contributed by atoms with E-state index in [4.69, 9.17) is 0 Å². The zero-order valence-corrected chi connectivity index (χ0v) is 11.0. The van der Waals surface area contributed by atoms with Crippen molar-refractivity contribution in [1.29, 1.82) is 0 Å². The Balaban J connectivity index is 1.80. The van der Waals surface area contributed by atoms with Crippen LogP contribution in [-0.4, -0.2) is 19.0 Å². The minimum Gasteiger partial charge on any atom is -0.382 e. The lowest BCUT2D eigenvalue weighted by Crippen LogP contribution is -2.21. The molecule has 0 aliphatic carbocycles. The lowest BCUT2D eigenvalue weighted by atomic mass is 10.1. The average molecular weight is 289 g/mol. The number of halogens is 2. The third-order valence-corrected chi connectivity index (χ3v) is 3.22. The fraction of sp³-hybridized carbons (Fsp3) is 0.133. The molecule has 0 radical (unpaired) electrons. The summed E-state index contributed by atoms with van der Waals surface area (Å²) in [5.41, 5.74) is 2.43. The van der Waals surface area contributed by atoms with Crippen molar-refractivity contribution in [2.24, 2.45) is 0 Å². The Morgan fingerprint density at radius 2 is 1.71 bits per heavy atom. The van der Waals surface area contributed by atoms with Crippen LogP contribution in [0.5, 0.6) is 0 Å². The molecule has 4 nitrogen and oxygen atoms in total. The van der Waals surface area contributed by atoms with Gasteiger partial charge in [-0.2, -0.15) is 0 Å². The van der Waals surface area contributed by atoms with Gasteiger partial charge in [0.2, 0.25) is 0 Å². The lowest BCUT2D eigenvalue weighted by molar-refractivity contribution is 0.102. The summed E-state index contributed by atoms with van der Waals surface area (Å²) in [6.45, 7) is 1.61. The summed E-state index contributed by atoms with van der Waals surface area (Å²) in [6.07, 6.45) is 0. The third-order valence-electron chi connectivity index (χ3n) is 3.22. The molecule has 0 aromatic heterocycles. The van der Waals surface area contributed by atoms with Crippen molar-refractivity contribution in [3.05, 3.63) is 53.6 Å². The van der Waals surface area contributed by atoms with E-state index in [1.807, 2.05) is 6.07 Å². The molecule has 1 aliphatic rings. The number of anilines is 3. The van der Waals surface area contributed by atoms with Crippen molar-refractivity contribution in [2.45, 2.75) is 0 Å². The van der Waals surface area contributed by atoms with E-state index in [0.29, 0.717) is 5.56 Å².